The van der Waals surface area contributed by atoms with Gasteiger partial charge in [-0.3, -0.25) is 4.90 Å². The zero-order chi connectivity index (χ0) is 33.2. The van der Waals surface area contributed by atoms with Crippen molar-refractivity contribution in [2.75, 3.05) is 19.6 Å². The lowest BCUT2D eigenvalue weighted by Crippen LogP contribution is -2.47. The van der Waals surface area contributed by atoms with Crippen molar-refractivity contribution in [1.82, 2.24) is 4.90 Å². The van der Waals surface area contributed by atoms with Gasteiger partial charge in [-0.25, -0.2) is 19.6 Å². The molecule has 0 bridgehead atoms. The van der Waals surface area contributed by atoms with E-state index in [4.69, 9.17) is 9.47 Å². The predicted octanol–water partition coefficient (Wildman–Crippen LogP) is 9.50. The van der Waals surface area contributed by atoms with Gasteiger partial charge in [-0.05, 0) is 103 Å². The zero-order valence-corrected chi connectivity index (χ0v) is 30.5. The van der Waals surface area contributed by atoms with Crippen molar-refractivity contribution >= 4 is 22.1 Å². The lowest BCUT2D eigenvalue weighted by Gasteiger charge is -2.50. The van der Waals surface area contributed by atoms with E-state index in [1.165, 1.54) is 22.6 Å². The summed E-state index contributed by atoms with van der Waals surface area (Å²) in [6.45, 7) is 15.4. The normalized spacial score (nSPS) is 26.6. The Morgan fingerprint density at radius 2 is 1.69 bits per heavy atom. The van der Waals surface area contributed by atoms with Crippen molar-refractivity contribution in [3.63, 3.8) is 0 Å². The molecule has 6 atom stereocenters. The third-order valence-electron chi connectivity index (χ3n) is 11.6. The van der Waals surface area contributed by atoms with Gasteiger partial charge in [-0.1, -0.05) is 90.1 Å². The molecule has 0 spiro atoms. The molecule has 5 rings (SSSR count). The highest BCUT2D eigenvalue weighted by Gasteiger charge is 2.56. The molecular formula is C39H59NO4S. The number of aryl methyl sites for hydroxylation is 1. The first-order valence-electron chi connectivity index (χ1n) is 17.2. The summed E-state index contributed by atoms with van der Waals surface area (Å²) < 4.78 is 12.0. The molecule has 0 saturated heterocycles. The van der Waals surface area contributed by atoms with Crippen LogP contribution in [-0.2, 0) is 33.0 Å². The van der Waals surface area contributed by atoms with Crippen LogP contribution in [0.2, 0.25) is 0 Å². The van der Waals surface area contributed by atoms with Crippen LogP contribution in [0.25, 0.3) is 0 Å². The van der Waals surface area contributed by atoms with Gasteiger partial charge in [0.15, 0.2) is 0 Å². The molecule has 0 heterocycles. The van der Waals surface area contributed by atoms with Crippen molar-refractivity contribution in [3.8, 4) is 0 Å². The Hall–Kier alpha value is -2.47. The Morgan fingerprint density at radius 3 is 2.36 bits per heavy atom. The second-order valence-electron chi connectivity index (χ2n) is 15.1. The number of benzene rings is 2. The summed E-state index contributed by atoms with van der Waals surface area (Å²) in [7, 11) is 0.873. The maximum absolute atomic E-state index is 13.3. The van der Waals surface area contributed by atoms with Gasteiger partial charge in [0.2, 0.25) is 0 Å². The fourth-order valence-electron chi connectivity index (χ4n) is 7.88. The summed E-state index contributed by atoms with van der Waals surface area (Å²) >= 11 is 0. The lowest BCUT2D eigenvalue weighted by molar-refractivity contribution is -0.162. The SMILES string of the molecule is CC.C[C@@H](C(=O)OC1CCC2C3CCc4cc(CS(C)(C)C(C)(C)C)ccc4C3CCC12C)N(C)C(=O)OCc1ccccc1. The molecule has 250 valence electrons. The second kappa shape index (κ2) is 14.1. The average Bonchev–Trinajstić information content (AvgIpc) is 3.35. The minimum absolute atomic E-state index is 0.0134. The number of fused-ring (bicyclic) bond motifs is 5. The van der Waals surface area contributed by atoms with E-state index in [2.05, 4.69) is 58.4 Å². The molecule has 2 aromatic rings. The molecule has 5 nitrogen and oxygen atoms in total. The van der Waals surface area contributed by atoms with Crippen molar-refractivity contribution < 1.29 is 19.1 Å². The van der Waals surface area contributed by atoms with Gasteiger partial charge < -0.3 is 9.47 Å². The van der Waals surface area contributed by atoms with Crippen molar-refractivity contribution in [2.24, 2.45) is 17.3 Å². The van der Waals surface area contributed by atoms with Gasteiger partial charge in [-0.2, -0.15) is 0 Å². The summed E-state index contributed by atoms with van der Waals surface area (Å²) in [6, 6.07) is 16.3. The van der Waals surface area contributed by atoms with E-state index >= 15 is 0 Å². The molecule has 6 heteroatoms. The van der Waals surface area contributed by atoms with Crippen molar-refractivity contribution in [3.05, 3.63) is 70.8 Å². The van der Waals surface area contributed by atoms with E-state index in [0.717, 1.165) is 37.7 Å². The summed E-state index contributed by atoms with van der Waals surface area (Å²) in [6.07, 6.45) is 10.9. The number of ether oxygens (including phenoxy) is 2. The molecule has 2 fully saturated rings. The molecular weight excluding hydrogens is 578 g/mol. The number of esters is 1. The van der Waals surface area contributed by atoms with E-state index in [9.17, 15) is 9.59 Å². The van der Waals surface area contributed by atoms with Gasteiger partial charge >= 0.3 is 12.1 Å². The number of likely N-dealkylation sites (N-methyl/N-ethyl adjacent to an activating group) is 1. The maximum atomic E-state index is 13.3. The molecule has 0 N–H and O–H groups in total. The minimum Gasteiger partial charge on any atom is -0.460 e. The van der Waals surface area contributed by atoms with Crippen LogP contribution in [0.15, 0.2) is 48.5 Å². The van der Waals surface area contributed by atoms with Crippen LogP contribution in [0, 0.1) is 17.3 Å². The van der Waals surface area contributed by atoms with E-state index in [1.807, 2.05) is 44.2 Å². The molecule has 0 aromatic heterocycles. The number of amides is 1. The molecule has 1 amide bonds. The molecule has 3 aliphatic rings. The average molecular weight is 638 g/mol. The highest BCUT2D eigenvalue weighted by atomic mass is 32.3. The number of rotatable bonds is 7. The molecule has 5 unspecified atom stereocenters. The molecule has 0 radical (unpaired) electrons. The highest BCUT2D eigenvalue weighted by molar-refractivity contribution is 8.33. The van der Waals surface area contributed by atoms with E-state index in [0.29, 0.717) is 22.5 Å². The van der Waals surface area contributed by atoms with E-state index < -0.39 is 22.2 Å². The smallest absolute Gasteiger partial charge is 0.410 e. The number of carbonyl (C=O) groups excluding carboxylic acids is 2. The summed E-state index contributed by atoms with van der Waals surface area (Å²) in [5.41, 5.74) is 5.55. The summed E-state index contributed by atoms with van der Waals surface area (Å²) in [5.74, 6) is 2.66. The van der Waals surface area contributed by atoms with Crippen LogP contribution >= 0.6 is 10.0 Å². The fraction of sp³-hybridized carbons (Fsp3) is 0.641. The molecule has 2 aromatic carbocycles. The van der Waals surface area contributed by atoms with Crippen molar-refractivity contribution in [2.45, 2.75) is 122 Å². The van der Waals surface area contributed by atoms with Gasteiger partial charge in [-0.15, -0.1) is 0 Å². The van der Waals surface area contributed by atoms with Gasteiger partial charge in [0, 0.05) is 18.2 Å². The first kappa shape index (κ1) is 35.4. The zero-order valence-electron chi connectivity index (χ0n) is 29.7. The number of hydrogen-bond donors (Lipinski definition) is 0. The highest BCUT2D eigenvalue weighted by Crippen LogP contribution is 2.62. The minimum atomic E-state index is -0.738. The van der Waals surface area contributed by atoms with E-state index in [1.54, 1.807) is 25.1 Å². The second-order valence-corrected chi connectivity index (χ2v) is 19.7. The van der Waals surface area contributed by atoms with Crippen LogP contribution in [0.1, 0.15) is 109 Å². The number of nitrogens with zero attached hydrogens (tertiary/aromatic N) is 1. The molecule has 45 heavy (non-hydrogen) atoms. The summed E-state index contributed by atoms with van der Waals surface area (Å²) in [5, 5.41) is 0. The third kappa shape index (κ3) is 7.42. The Balaban J connectivity index is 0.00000226. The third-order valence-corrected chi connectivity index (χ3v) is 15.9. The van der Waals surface area contributed by atoms with Crippen LogP contribution in [-0.4, -0.2) is 53.4 Å². The standard InChI is InChI=1S/C37H53NO4S.C2H6/c1-25(38(6)35(40)41-23-26-12-10-9-11-13-26)34(39)42-33-19-18-32-31-17-15-28-22-27(24-43(7,8)36(2,3)4)14-16-29(28)30(31)20-21-37(32,33)5;1-2/h9-14,16,22,25,30-33H,15,17-21,23-24H2,1-8H3;1-2H3/t25-,30?,31?,32?,33?,37?;/m0./s1. The Kier molecular flexibility index (Phi) is 11.1. The molecule has 3 aliphatic carbocycles. The summed E-state index contributed by atoms with van der Waals surface area (Å²) in [4.78, 5) is 27.3. The fourth-order valence-corrected chi connectivity index (χ4v) is 9.33. The Bertz CT molecular complexity index is 1320. The van der Waals surface area contributed by atoms with E-state index in [-0.39, 0.29) is 24.1 Å². The van der Waals surface area contributed by atoms with Crippen LogP contribution in [0.3, 0.4) is 0 Å². The Labute approximate surface area is 275 Å². The monoisotopic (exact) mass is 637 g/mol. The number of carbonyl (C=O) groups is 2. The van der Waals surface area contributed by atoms with Gasteiger partial charge in [0.1, 0.15) is 18.8 Å². The predicted molar refractivity (Wildman–Crippen MR) is 189 cm³/mol. The topological polar surface area (TPSA) is 55.8 Å². The Morgan fingerprint density at radius 1 is 1.00 bits per heavy atom. The van der Waals surface area contributed by atoms with Crippen molar-refractivity contribution in [1.29, 1.82) is 0 Å². The molecule has 2 saturated carbocycles. The number of hydrogen-bond acceptors (Lipinski definition) is 4. The van der Waals surface area contributed by atoms with Crippen LogP contribution in [0.4, 0.5) is 4.79 Å². The van der Waals surface area contributed by atoms with Gasteiger partial charge in [0.25, 0.3) is 0 Å². The largest absolute Gasteiger partial charge is 0.460 e. The van der Waals surface area contributed by atoms with Gasteiger partial charge in [0.05, 0.1) is 0 Å². The lowest BCUT2D eigenvalue weighted by atomic mass is 9.55. The van der Waals surface area contributed by atoms with Crippen LogP contribution in [0.5, 0.6) is 0 Å². The first-order valence-corrected chi connectivity index (χ1v) is 19.8. The quantitative estimate of drug-likeness (QED) is 0.284. The first-order chi connectivity index (χ1) is 21.2. The maximum Gasteiger partial charge on any atom is 0.410 e. The van der Waals surface area contributed by atoms with Crippen LogP contribution < -0.4 is 0 Å². The molecule has 0 aliphatic heterocycles.